The first-order chi connectivity index (χ1) is 10.9. The van der Waals surface area contributed by atoms with Crippen molar-refractivity contribution in [3.05, 3.63) is 23.8 Å². The number of rotatable bonds is 6. The summed E-state index contributed by atoms with van der Waals surface area (Å²) in [6.07, 6.45) is 7.72. The van der Waals surface area contributed by atoms with Crippen LogP contribution >= 0.6 is 0 Å². The maximum absolute atomic E-state index is 12.1. The molecule has 0 atom stereocenters. The molecule has 1 amide bonds. The topological polar surface area (TPSA) is 75.3 Å². The number of aryl methyl sites for hydroxylation is 1. The number of anilines is 1. The van der Waals surface area contributed by atoms with Crippen molar-refractivity contribution in [3.8, 4) is 0 Å². The highest BCUT2D eigenvalue weighted by Crippen LogP contribution is 2.27. The van der Waals surface area contributed by atoms with E-state index in [1.54, 1.807) is 19.1 Å². The molecule has 1 aromatic carbocycles. The number of carbonyl (C=O) groups excluding carboxylic acids is 1. The monoisotopic (exact) mass is 338 g/mol. The van der Waals surface area contributed by atoms with Crippen LogP contribution < -0.4 is 10.0 Å². The van der Waals surface area contributed by atoms with Crippen LogP contribution in [0.25, 0.3) is 0 Å². The molecule has 0 unspecified atom stereocenters. The highest BCUT2D eigenvalue weighted by atomic mass is 32.2. The Kier molecular flexibility index (Phi) is 6.18. The first kappa shape index (κ1) is 17.9. The second-order valence-corrected chi connectivity index (χ2v) is 8.13. The lowest BCUT2D eigenvalue weighted by molar-refractivity contribution is -0.116. The first-order valence-corrected chi connectivity index (χ1v) is 9.75. The van der Waals surface area contributed by atoms with Gasteiger partial charge in [0.1, 0.15) is 0 Å². The van der Waals surface area contributed by atoms with Crippen LogP contribution in [0, 0.1) is 12.8 Å². The molecule has 0 spiro atoms. The van der Waals surface area contributed by atoms with Gasteiger partial charge in [0.15, 0.2) is 0 Å². The molecule has 128 valence electrons. The molecule has 2 rings (SSSR count). The number of hydrogen-bond donors (Lipinski definition) is 2. The number of nitrogens with one attached hydrogen (secondary N) is 2. The molecule has 23 heavy (non-hydrogen) atoms. The second-order valence-electron chi connectivity index (χ2n) is 6.28. The van der Waals surface area contributed by atoms with Crippen molar-refractivity contribution in [2.45, 2.75) is 56.8 Å². The van der Waals surface area contributed by atoms with Gasteiger partial charge in [-0.05, 0) is 44.0 Å². The molecule has 1 aromatic rings. The molecular weight excluding hydrogens is 312 g/mol. The van der Waals surface area contributed by atoms with Crippen LogP contribution in [0.5, 0.6) is 0 Å². The third-order valence-electron chi connectivity index (χ3n) is 4.53. The van der Waals surface area contributed by atoms with Crippen molar-refractivity contribution in [1.29, 1.82) is 0 Å². The molecule has 1 aliphatic rings. The van der Waals surface area contributed by atoms with Gasteiger partial charge in [-0.3, -0.25) is 4.79 Å². The predicted octanol–water partition coefficient (Wildman–Crippen LogP) is 3.20. The summed E-state index contributed by atoms with van der Waals surface area (Å²) in [5.41, 5.74) is 1.18. The minimum Gasteiger partial charge on any atom is -0.326 e. The van der Waals surface area contributed by atoms with E-state index in [0.29, 0.717) is 23.6 Å². The number of amides is 1. The summed E-state index contributed by atoms with van der Waals surface area (Å²) in [5.74, 6) is 0.611. The minimum absolute atomic E-state index is 0.0489. The summed E-state index contributed by atoms with van der Waals surface area (Å²) in [5, 5.41) is 2.81. The highest BCUT2D eigenvalue weighted by molar-refractivity contribution is 7.89. The maximum Gasteiger partial charge on any atom is 0.240 e. The van der Waals surface area contributed by atoms with Crippen molar-refractivity contribution in [2.24, 2.45) is 5.92 Å². The zero-order valence-electron chi connectivity index (χ0n) is 13.9. The van der Waals surface area contributed by atoms with Crippen molar-refractivity contribution >= 4 is 21.6 Å². The van der Waals surface area contributed by atoms with Gasteiger partial charge in [-0.2, -0.15) is 0 Å². The van der Waals surface area contributed by atoms with E-state index in [0.717, 1.165) is 6.42 Å². The highest BCUT2D eigenvalue weighted by Gasteiger charge is 2.17. The Morgan fingerprint density at radius 3 is 2.57 bits per heavy atom. The molecule has 1 aliphatic carbocycles. The second kappa shape index (κ2) is 7.93. The van der Waals surface area contributed by atoms with Gasteiger partial charge in [0.25, 0.3) is 0 Å². The lowest BCUT2D eigenvalue weighted by Gasteiger charge is -2.21. The normalized spacial score (nSPS) is 16.3. The lowest BCUT2D eigenvalue weighted by Crippen LogP contribution is -2.20. The van der Waals surface area contributed by atoms with Crippen LogP contribution in [-0.2, 0) is 14.8 Å². The van der Waals surface area contributed by atoms with Gasteiger partial charge < -0.3 is 5.32 Å². The number of benzene rings is 1. The van der Waals surface area contributed by atoms with Crippen molar-refractivity contribution < 1.29 is 13.2 Å². The molecule has 0 heterocycles. The summed E-state index contributed by atoms with van der Waals surface area (Å²) < 4.78 is 26.2. The molecular formula is C17H26N2O3S. The van der Waals surface area contributed by atoms with Crippen molar-refractivity contribution in [3.63, 3.8) is 0 Å². The minimum atomic E-state index is -3.52. The number of sulfonamides is 1. The molecule has 1 saturated carbocycles. The van der Waals surface area contributed by atoms with E-state index in [1.807, 2.05) is 0 Å². The van der Waals surface area contributed by atoms with E-state index in [2.05, 4.69) is 10.0 Å². The number of hydrogen-bond acceptors (Lipinski definition) is 3. The average molecular weight is 338 g/mol. The summed E-state index contributed by atoms with van der Waals surface area (Å²) in [4.78, 5) is 12.3. The lowest BCUT2D eigenvalue weighted by atomic mass is 9.86. The Bertz CT molecular complexity index is 650. The summed E-state index contributed by atoms with van der Waals surface area (Å²) >= 11 is 0. The molecule has 0 saturated heterocycles. The van der Waals surface area contributed by atoms with Crippen molar-refractivity contribution in [2.75, 3.05) is 12.4 Å². The van der Waals surface area contributed by atoms with Gasteiger partial charge in [-0.25, -0.2) is 13.1 Å². The van der Waals surface area contributed by atoms with E-state index in [1.165, 1.54) is 45.2 Å². The standard InChI is InChI=1S/C17H26N2O3S/c1-13-8-10-15(12-16(13)23(21,22)18-2)19-17(20)11-9-14-6-4-3-5-7-14/h8,10,12,14,18H,3-7,9,11H2,1-2H3,(H,19,20). The van der Waals surface area contributed by atoms with Gasteiger partial charge in [0.05, 0.1) is 4.90 Å². The molecule has 2 N–H and O–H groups in total. The Balaban J connectivity index is 1.97. The van der Waals surface area contributed by atoms with Crippen LogP contribution in [0.1, 0.15) is 50.5 Å². The van der Waals surface area contributed by atoms with Crippen LogP contribution in [0.15, 0.2) is 23.1 Å². The quantitative estimate of drug-likeness (QED) is 0.836. The predicted molar refractivity (Wildman–Crippen MR) is 91.9 cm³/mol. The van der Waals surface area contributed by atoms with Crippen LogP contribution in [-0.4, -0.2) is 21.4 Å². The summed E-state index contributed by atoms with van der Waals surface area (Å²) in [6, 6.07) is 4.96. The van der Waals surface area contributed by atoms with E-state index in [4.69, 9.17) is 0 Å². The molecule has 0 radical (unpaired) electrons. The van der Waals surface area contributed by atoms with Gasteiger partial charge in [-0.15, -0.1) is 0 Å². The van der Waals surface area contributed by atoms with E-state index >= 15 is 0 Å². The van der Waals surface area contributed by atoms with Gasteiger partial charge in [0, 0.05) is 12.1 Å². The number of carbonyl (C=O) groups is 1. The first-order valence-electron chi connectivity index (χ1n) is 8.26. The maximum atomic E-state index is 12.1. The molecule has 0 aliphatic heterocycles. The van der Waals surface area contributed by atoms with Gasteiger partial charge >= 0.3 is 0 Å². The SMILES string of the molecule is CNS(=O)(=O)c1cc(NC(=O)CCC2CCCCC2)ccc1C. The Morgan fingerprint density at radius 1 is 1.22 bits per heavy atom. The molecule has 1 fully saturated rings. The third kappa shape index (κ3) is 5.04. The fraction of sp³-hybridized carbons (Fsp3) is 0.588. The average Bonchev–Trinajstić information content (AvgIpc) is 2.55. The van der Waals surface area contributed by atoms with Gasteiger partial charge in [-0.1, -0.05) is 38.2 Å². The third-order valence-corrected chi connectivity index (χ3v) is 6.09. The molecule has 0 bridgehead atoms. The largest absolute Gasteiger partial charge is 0.326 e. The van der Waals surface area contributed by atoms with Gasteiger partial charge in [0.2, 0.25) is 15.9 Å². The van der Waals surface area contributed by atoms with Crippen LogP contribution in [0.3, 0.4) is 0 Å². The van der Waals surface area contributed by atoms with Crippen LogP contribution in [0.4, 0.5) is 5.69 Å². The Hall–Kier alpha value is -1.40. The van der Waals surface area contributed by atoms with Crippen molar-refractivity contribution in [1.82, 2.24) is 4.72 Å². The molecule has 6 heteroatoms. The Morgan fingerprint density at radius 2 is 1.91 bits per heavy atom. The summed E-state index contributed by atoms with van der Waals surface area (Å²) in [6.45, 7) is 1.74. The summed E-state index contributed by atoms with van der Waals surface area (Å²) in [7, 11) is -2.14. The van der Waals surface area contributed by atoms with E-state index < -0.39 is 10.0 Å². The van der Waals surface area contributed by atoms with E-state index in [9.17, 15) is 13.2 Å². The van der Waals surface area contributed by atoms with Crippen LogP contribution in [0.2, 0.25) is 0 Å². The fourth-order valence-corrected chi connectivity index (χ4v) is 4.11. The molecule has 0 aromatic heterocycles. The zero-order valence-corrected chi connectivity index (χ0v) is 14.7. The molecule has 5 nitrogen and oxygen atoms in total. The fourth-order valence-electron chi connectivity index (χ4n) is 3.11. The Labute approximate surface area is 138 Å². The van der Waals surface area contributed by atoms with E-state index in [-0.39, 0.29) is 10.8 Å². The zero-order chi connectivity index (χ0) is 16.9. The smallest absolute Gasteiger partial charge is 0.240 e.